The molecule has 2 atom stereocenters. The second-order valence-electron chi connectivity index (χ2n) is 5.90. The Hall–Kier alpha value is -0.250. The summed E-state index contributed by atoms with van der Waals surface area (Å²) in [5.74, 6) is 0.895. The van der Waals surface area contributed by atoms with Crippen LogP contribution in [-0.4, -0.2) is 16.9 Å². The van der Waals surface area contributed by atoms with E-state index in [9.17, 15) is 18.3 Å². The van der Waals surface area contributed by atoms with Crippen molar-refractivity contribution in [2.75, 3.05) is 0 Å². The molecule has 0 saturated heterocycles. The Bertz CT molecular complexity index is 209. The van der Waals surface area contributed by atoms with Gasteiger partial charge in [0.05, 0.1) is 5.60 Å². The molecule has 0 aliphatic carbocycles. The Labute approximate surface area is 102 Å². The lowest BCUT2D eigenvalue weighted by molar-refractivity contribution is -0.137. The number of aliphatic hydroxyl groups is 1. The molecule has 0 amide bonds. The van der Waals surface area contributed by atoms with Crippen molar-refractivity contribution in [3.63, 3.8) is 0 Å². The second-order valence-corrected chi connectivity index (χ2v) is 5.90. The van der Waals surface area contributed by atoms with Crippen LogP contribution in [0.4, 0.5) is 13.2 Å². The van der Waals surface area contributed by atoms with Crippen LogP contribution in [0.2, 0.25) is 0 Å². The highest BCUT2D eigenvalue weighted by Crippen LogP contribution is 2.29. The van der Waals surface area contributed by atoms with Crippen molar-refractivity contribution < 1.29 is 18.3 Å². The maximum atomic E-state index is 12.0. The van der Waals surface area contributed by atoms with Gasteiger partial charge in [-0.25, -0.2) is 0 Å². The monoisotopic (exact) mass is 254 g/mol. The Balaban J connectivity index is 3.94. The fourth-order valence-electron chi connectivity index (χ4n) is 2.41. The largest absolute Gasteiger partial charge is 0.390 e. The van der Waals surface area contributed by atoms with Crippen molar-refractivity contribution in [3.05, 3.63) is 0 Å². The summed E-state index contributed by atoms with van der Waals surface area (Å²) in [7, 11) is 0. The lowest BCUT2D eigenvalue weighted by atomic mass is 9.85. The summed E-state index contributed by atoms with van der Waals surface area (Å²) in [6.45, 7) is 7.89. The van der Waals surface area contributed by atoms with Crippen LogP contribution >= 0.6 is 0 Å². The number of rotatable bonds is 7. The molecular weight excluding hydrogens is 229 g/mol. The van der Waals surface area contributed by atoms with E-state index < -0.39 is 18.2 Å². The highest BCUT2D eigenvalue weighted by Gasteiger charge is 2.29. The lowest BCUT2D eigenvalue weighted by Crippen LogP contribution is -2.27. The van der Waals surface area contributed by atoms with Crippen molar-refractivity contribution in [2.24, 2.45) is 11.8 Å². The van der Waals surface area contributed by atoms with Crippen LogP contribution in [0.3, 0.4) is 0 Å². The first-order chi connectivity index (χ1) is 7.52. The summed E-state index contributed by atoms with van der Waals surface area (Å²) in [6.07, 6.45) is -3.13. The Kier molecular flexibility index (Phi) is 6.52. The molecule has 0 aromatic heterocycles. The van der Waals surface area contributed by atoms with Crippen LogP contribution in [0.1, 0.15) is 59.8 Å². The van der Waals surface area contributed by atoms with E-state index in [0.29, 0.717) is 18.3 Å². The number of alkyl halides is 3. The maximum Gasteiger partial charge on any atom is 0.389 e. The van der Waals surface area contributed by atoms with Gasteiger partial charge in [-0.2, -0.15) is 13.2 Å². The SMILES string of the molecule is CC(C)CC(C)CC(C)(O)CCCC(F)(F)F. The Morgan fingerprint density at radius 1 is 1.06 bits per heavy atom. The van der Waals surface area contributed by atoms with E-state index in [1.807, 2.05) is 6.92 Å². The molecule has 4 heteroatoms. The third kappa shape index (κ3) is 10.6. The summed E-state index contributed by atoms with van der Waals surface area (Å²) in [5.41, 5.74) is -0.973. The molecule has 2 unspecified atom stereocenters. The topological polar surface area (TPSA) is 20.2 Å². The third-order valence-corrected chi connectivity index (χ3v) is 2.84. The van der Waals surface area contributed by atoms with Gasteiger partial charge in [0.1, 0.15) is 0 Å². The van der Waals surface area contributed by atoms with E-state index in [1.54, 1.807) is 6.92 Å². The first-order valence-electron chi connectivity index (χ1n) is 6.31. The summed E-state index contributed by atoms with van der Waals surface area (Å²) in [6, 6.07) is 0. The summed E-state index contributed by atoms with van der Waals surface area (Å²) < 4.78 is 36.0. The van der Waals surface area contributed by atoms with Crippen molar-refractivity contribution in [3.8, 4) is 0 Å². The zero-order chi connectivity index (χ0) is 13.7. The van der Waals surface area contributed by atoms with Crippen LogP contribution in [0.25, 0.3) is 0 Å². The molecule has 0 aromatic carbocycles. The second kappa shape index (κ2) is 6.62. The predicted octanol–water partition coefficient (Wildman–Crippen LogP) is 4.54. The summed E-state index contributed by atoms with van der Waals surface area (Å²) in [4.78, 5) is 0. The molecule has 0 aliphatic rings. The van der Waals surface area contributed by atoms with Crippen molar-refractivity contribution >= 4 is 0 Å². The van der Waals surface area contributed by atoms with Gasteiger partial charge in [-0.3, -0.25) is 0 Å². The standard InChI is InChI=1S/C13H25F3O/c1-10(2)8-11(3)9-12(4,17)6-5-7-13(14,15)16/h10-11,17H,5-9H2,1-4H3. The van der Waals surface area contributed by atoms with Gasteiger partial charge < -0.3 is 5.11 Å². The maximum absolute atomic E-state index is 12.0. The first kappa shape index (κ1) is 16.8. The minimum Gasteiger partial charge on any atom is -0.390 e. The third-order valence-electron chi connectivity index (χ3n) is 2.84. The van der Waals surface area contributed by atoms with Gasteiger partial charge in [-0.15, -0.1) is 0 Å². The predicted molar refractivity (Wildman–Crippen MR) is 63.8 cm³/mol. The average Bonchev–Trinajstić information content (AvgIpc) is 1.96. The molecule has 0 saturated carbocycles. The Morgan fingerprint density at radius 2 is 1.59 bits per heavy atom. The highest BCUT2D eigenvalue weighted by atomic mass is 19.4. The molecule has 0 fully saturated rings. The number of halogens is 3. The first-order valence-corrected chi connectivity index (χ1v) is 6.31. The molecule has 0 aromatic rings. The van der Waals surface area contributed by atoms with E-state index in [2.05, 4.69) is 13.8 Å². The molecule has 0 aliphatic heterocycles. The molecule has 1 N–H and O–H groups in total. The molecule has 1 nitrogen and oxygen atoms in total. The molecule has 0 rings (SSSR count). The zero-order valence-electron chi connectivity index (χ0n) is 11.3. The van der Waals surface area contributed by atoms with Crippen molar-refractivity contribution in [1.82, 2.24) is 0 Å². The Morgan fingerprint density at radius 3 is 2.00 bits per heavy atom. The van der Waals surface area contributed by atoms with Gasteiger partial charge in [0.25, 0.3) is 0 Å². The molecule has 0 heterocycles. The van der Waals surface area contributed by atoms with Gasteiger partial charge in [0.2, 0.25) is 0 Å². The molecule has 17 heavy (non-hydrogen) atoms. The molecule has 104 valence electrons. The number of hydrogen-bond donors (Lipinski definition) is 1. The van der Waals surface area contributed by atoms with Crippen molar-refractivity contribution in [2.45, 2.75) is 71.6 Å². The van der Waals surface area contributed by atoms with E-state index in [-0.39, 0.29) is 12.8 Å². The van der Waals surface area contributed by atoms with Crippen LogP contribution < -0.4 is 0 Å². The highest BCUT2D eigenvalue weighted by molar-refractivity contribution is 4.76. The normalized spacial score (nSPS) is 18.2. The smallest absolute Gasteiger partial charge is 0.389 e. The average molecular weight is 254 g/mol. The minimum atomic E-state index is -4.11. The van der Waals surface area contributed by atoms with Gasteiger partial charge in [0, 0.05) is 6.42 Å². The van der Waals surface area contributed by atoms with E-state index >= 15 is 0 Å². The van der Waals surface area contributed by atoms with Crippen LogP contribution in [-0.2, 0) is 0 Å². The molecular formula is C13H25F3O. The van der Waals surface area contributed by atoms with Crippen LogP contribution in [0, 0.1) is 11.8 Å². The molecule has 0 spiro atoms. The zero-order valence-corrected chi connectivity index (χ0v) is 11.3. The van der Waals surface area contributed by atoms with Crippen LogP contribution in [0.5, 0.6) is 0 Å². The van der Waals surface area contributed by atoms with Gasteiger partial charge >= 0.3 is 6.18 Å². The lowest BCUT2D eigenvalue weighted by Gasteiger charge is -2.27. The van der Waals surface area contributed by atoms with Gasteiger partial charge in [0.15, 0.2) is 0 Å². The fourth-order valence-corrected chi connectivity index (χ4v) is 2.41. The van der Waals surface area contributed by atoms with Crippen LogP contribution in [0.15, 0.2) is 0 Å². The van der Waals surface area contributed by atoms with Gasteiger partial charge in [-0.1, -0.05) is 20.8 Å². The minimum absolute atomic E-state index is 0.00486. The van der Waals surface area contributed by atoms with Gasteiger partial charge in [-0.05, 0) is 44.4 Å². The molecule has 0 bridgehead atoms. The number of hydrogen-bond acceptors (Lipinski definition) is 1. The van der Waals surface area contributed by atoms with E-state index in [4.69, 9.17) is 0 Å². The summed E-state index contributed by atoms with van der Waals surface area (Å²) in [5, 5.41) is 10.0. The summed E-state index contributed by atoms with van der Waals surface area (Å²) >= 11 is 0. The van der Waals surface area contributed by atoms with Crippen molar-refractivity contribution in [1.29, 1.82) is 0 Å². The van der Waals surface area contributed by atoms with E-state index in [0.717, 1.165) is 6.42 Å². The van der Waals surface area contributed by atoms with E-state index in [1.165, 1.54) is 0 Å². The fraction of sp³-hybridized carbons (Fsp3) is 1.00. The quantitative estimate of drug-likeness (QED) is 0.707. The molecule has 0 radical (unpaired) electrons.